The first-order valence-corrected chi connectivity index (χ1v) is 8.37. The lowest BCUT2D eigenvalue weighted by Gasteiger charge is -2.19. The van der Waals surface area contributed by atoms with Gasteiger partial charge in [0.25, 0.3) is 0 Å². The minimum Gasteiger partial charge on any atom is -0.426 e. The third kappa shape index (κ3) is 3.65. The van der Waals surface area contributed by atoms with Crippen molar-refractivity contribution in [3.8, 4) is 0 Å². The highest BCUT2D eigenvalue weighted by Crippen LogP contribution is 2.29. The molecule has 0 saturated carbocycles. The largest absolute Gasteiger partial charge is 0.426 e. The molecule has 0 amide bonds. The van der Waals surface area contributed by atoms with Crippen LogP contribution in [0.5, 0.6) is 0 Å². The first-order chi connectivity index (χ1) is 11.6. The third-order valence-electron chi connectivity index (χ3n) is 4.45. The smallest absolute Gasteiger partial charge is 0.339 e. The molecule has 0 aromatic rings. The zero-order valence-corrected chi connectivity index (χ0v) is 14.2. The summed E-state index contributed by atoms with van der Waals surface area (Å²) in [5.74, 6) is 0.492. The molecule has 0 aliphatic heterocycles. The summed E-state index contributed by atoms with van der Waals surface area (Å²) in [6.45, 7) is 4.17. The second-order valence-electron chi connectivity index (χ2n) is 6.20. The molecule has 2 heteroatoms. The number of carbonyl (C=O) groups excluding carboxylic acids is 1. The molecule has 0 spiro atoms. The zero-order valence-electron chi connectivity index (χ0n) is 14.2. The number of carbonyl (C=O) groups is 1. The lowest BCUT2D eigenvalue weighted by Crippen LogP contribution is -2.14. The molecular formula is C22H22O2. The molecule has 0 aromatic heterocycles. The Hall–Kier alpha value is -2.61. The number of hydrogen-bond acceptors (Lipinski definition) is 2. The first-order valence-electron chi connectivity index (χ1n) is 8.37. The summed E-state index contributed by atoms with van der Waals surface area (Å²) in [4.78, 5) is 12.4. The second-order valence-corrected chi connectivity index (χ2v) is 6.20. The Kier molecular flexibility index (Phi) is 4.95. The fourth-order valence-corrected chi connectivity index (χ4v) is 2.88. The third-order valence-corrected chi connectivity index (χ3v) is 4.45. The minimum absolute atomic E-state index is 0.0289. The second kappa shape index (κ2) is 7.31. The molecule has 1 atom stereocenters. The van der Waals surface area contributed by atoms with Crippen molar-refractivity contribution in [2.24, 2.45) is 5.92 Å². The average molecular weight is 318 g/mol. The van der Waals surface area contributed by atoms with E-state index in [1.807, 2.05) is 42.5 Å². The van der Waals surface area contributed by atoms with Crippen LogP contribution in [0.3, 0.4) is 0 Å². The SMILES string of the molecule is C/C(=C/C1=CCC=C1)C(C)C(OC(=O)C1=CC=CC1)=C1C=CC=C1. The zero-order chi connectivity index (χ0) is 16.9. The lowest BCUT2D eigenvalue weighted by atomic mass is 9.95. The van der Waals surface area contributed by atoms with Gasteiger partial charge in [-0.15, -0.1) is 0 Å². The maximum Gasteiger partial charge on any atom is 0.339 e. The summed E-state index contributed by atoms with van der Waals surface area (Å²) in [6.07, 6.45) is 23.9. The molecule has 0 heterocycles. The van der Waals surface area contributed by atoms with Gasteiger partial charge in [-0.2, -0.15) is 0 Å². The quantitative estimate of drug-likeness (QED) is 0.510. The molecule has 0 bridgehead atoms. The van der Waals surface area contributed by atoms with Crippen molar-refractivity contribution in [2.75, 3.05) is 0 Å². The molecule has 1 unspecified atom stereocenters. The Morgan fingerprint density at radius 2 is 1.96 bits per heavy atom. The van der Waals surface area contributed by atoms with Gasteiger partial charge in [0.15, 0.2) is 0 Å². The van der Waals surface area contributed by atoms with Crippen molar-refractivity contribution >= 4 is 5.97 Å². The molecule has 0 radical (unpaired) electrons. The van der Waals surface area contributed by atoms with Gasteiger partial charge in [-0.25, -0.2) is 4.79 Å². The van der Waals surface area contributed by atoms with Crippen molar-refractivity contribution in [1.82, 2.24) is 0 Å². The number of esters is 1. The number of hydrogen-bond donors (Lipinski definition) is 0. The molecule has 0 fully saturated rings. The van der Waals surface area contributed by atoms with Gasteiger partial charge >= 0.3 is 5.97 Å². The van der Waals surface area contributed by atoms with Crippen LogP contribution in [0.25, 0.3) is 0 Å². The molecule has 0 N–H and O–H groups in total. The van der Waals surface area contributed by atoms with E-state index in [2.05, 4.69) is 38.2 Å². The molecule has 0 saturated heterocycles. The summed E-state index contributed by atoms with van der Waals surface area (Å²) in [7, 11) is 0. The van der Waals surface area contributed by atoms with E-state index < -0.39 is 0 Å². The number of rotatable bonds is 5. The first kappa shape index (κ1) is 16.3. The van der Waals surface area contributed by atoms with E-state index in [0.717, 1.165) is 12.0 Å². The molecule has 122 valence electrons. The van der Waals surface area contributed by atoms with Crippen molar-refractivity contribution in [1.29, 1.82) is 0 Å². The summed E-state index contributed by atoms with van der Waals surface area (Å²) in [6, 6.07) is 0. The van der Waals surface area contributed by atoms with Crippen molar-refractivity contribution < 1.29 is 9.53 Å². The van der Waals surface area contributed by atoms with Gasteiger partial charge in [0, 0.05) is 17.1 Å². The molecule has 2 nitrogen and oxygen atoms in total. The van der Waals surface area contributed by atoms with E-state index in [9.17, 15) is 4.79 Å². The van der Waals surface area contributed by atoms with E-state index in [1.165, 1.54) is 11.1 Å². The predicted octanol–water partition coefficient (Wildman–Crippen LogP) is 5.26. The normalized spacial score (nSPS) is 19.8. The molecule has 0 aromatic carbocycles. The van der Waals surface area contributed by atoms with E-state index in [-0.39, 0.29) is 11.9 Å². The Morgan fingerprint density at radius 3 is 2.58 bits per heavy atom. The Morgan fingerprint density at radius 1 is 1.17 bits per heavy atom. The van der Waals surface area contributed by atoms with Crippen LogP contribution in [0.1, 0.15) is 26.7 Å². The molecule has 3 aliphatic carbocycles. The number of allylic oxidation sites excluding steroid dienone is 14. The van der Waals surface area contributed by atoms with Crippen LogP contribution >= 0.6 is 0 Å². The lowest BCUT2D eigenvalue weighted by molar-refractivity contribution is -0.135. The maximum atomic E-state index is 12.4. The van der Waals surface area contributed by atoms with Gasteiger partial charge in [-0.3, -0.25) is 0 Å². The van der Waals surface area contributed by atoms with Gasteiger partial charge in [0.2, 0.25) is 0 Å². The summed E-state index contributed by atoms with van der Waals surface area (Å²) < 4.78 is 5.82. The van der Waals surface area contributed by atoms with Crippen LogP contribution in [0.15, 0.2) is 94.9 Å². The fraction of sp³-hybridized carbons (Fsp3) is 0.227. The minimum atomic E-state index is -0.254. The van der Waals surface area contributed by atoms with E-state index in [1.54, 1.807) is 0 Å². The summed E-state index contributed by atoms with van der Waals surface area (Å²) >= 11 is 0. The molecule has 24 heavy (non-hydrogen) atoms. The van der Waals surface area contributed by atoms with Gasteiger partial charge < -0.3 is 4.74 Å². The topological polar surface area (TPSA) is 26.3 Å². The van der Waals surface area contributed by atoms with Crippen LogP contribution in [0.2, 0.25) is 0 Å². The van der Waals surface area contributed by atoms with Gasteiger partial charge in [0.05, 0.1) is 0 Å². The molecule has 3 rings (SSSR count). The Bertz CT molecular complexity index is 763. The van der Waals surface area contributed by atoms with Crippen LogP contribution in [0.4, 0.5) is 0 Å². The molecule has 3 aliphatic rings. The number of ether oxygens (including phenoxy) is 1. The van der Waals surface area contributed by atoms with Crippen molar-refractivity contribution in [3.05, 3.63) is 94.9 Å². The van der Waals surface area contributed by atoms with E-state index in [4.69, 9.17) is 4.74 Å². The van der Waals surface area contributed by atoms with E-state index >= 15 is 0 Å². The standard InChI is InChI=1S/C22H22O2/c1-16(15-18-9-3-4-10-18)17(2)21(19-11-5-6-12-19)24-22(23)20-13-7-8-14-20/h3,5-13,15,17H,4,14H2,1-2H3/b16-15-. The Balaban J connectivity index is 1.84. The average Bonchev–Trinajstić information content (AvgIpc) is 3.34. The predicted molar refractivity (Wildman–Crippen MR) is 98.0 cm³/mol. The van der Waals surface area contributed by atoms with Gasteiger partial charge in [0.1, 0.15) is 5.76 Å². The van der Waals surface area contributed by atoms with Crippen molar-refractivity contribution in [3.63, 3.8) is 0 Å². The monoisotopic (exact) mass is 318 g/mol. The fourth-order valence-electron chi connectivity index (χ4n) is 2.88. The van der Waals surface area contributed by atoms with E-state index in [0.29, 0.717) is 17.8 Å². The Labute approximate surface area is 143 Å². The van der Waals surface area contributed by atoms with Crippen LogP contribution in [-0.2, 0) is 9.53 Å². The van der Waals surface area contributed by atoms with Crippen LogP contribution in [0, 0.1) is 5.92 Å². The van der Waals surface area contributed by atoms with Crippen LogP contribution in [-0.4, -0.2) is 5.97 Å². The highest BCUT2D eigenvalue weighted by molar-refractivity contribution is 5.90. The maximum absolute atomic E-state index is 12.4. The highest BCUT2D eigenvalue weighted by atomic mass is 16.5. The van der Waals surface area contributed by atoms with Crippen LogP contribution < -0.4 is 0 Å². The van der Waals surface area contributed by atoms with Gasteiger partial charge in [-0.05, 0) is 25.3 Å². The highest BCUT2D eigenvalue weighted by Gasteiger charge is 2.22. The summed E-state index contributed by atoms with van der Waals surface area (Å²) in [5.41, 5.74) is 4.06. The van der Waals surface area contributed by atoms with Gasteiger partial charge in [-0.1, -0.05) is 79.3 Å². The van der Waals surface area contributed by atoms with Crippen molar-refractivity contribution in [2.45, 2.75) is 26.7 Å². The summed E-state index contributed by atoms with van der Waals surface area (Å²) in [5, 5.41) is 0. The molecular weight excluding hydrogens is 296 g/mol.